The zero-order chi connectivity index (χ0) is 13.5. The monoisotopic (exact) mass is 272 g/mol. The highest BCUT2D eigenvalue weighted by atomic mass is 32.1. The SMILES string of the molecule is CCC1CCC(=O)N(CCOC(C)C(N)=S)CC1. The summed E-state index contributed by atoms with van der Waals surface area (Å²) in [6.07, 6.45) is 3.74. The number of hydrogen-bond acceptors (Lipinski definition) is 3. The Morgan fingerprint density at radius 3 is 2.94 bits per heavy atom. The molecule has 1 amide bonds. The number of hydrogen-bond donors (Lipinski definition) is 1. The second-order valence-electron chi connectivity index (χ2n) is 4.90. The van der Waals surface area contributed by atoms with Gasteiger partial charge >= 0.3 is 0 Å². The second kappa shape index (κ2) is 7.69. The quantitative estimate of drug-likeness (QED) is 0.748. The molecule has 0 aromatic rings. The van der Waals surface area contributed by atoms with E-state index >= 15 is 0 Å². The largest absolute Gasteiger partial charge is 0.391 e. The number of carbonyl (C=O) groups is 1. The van der Waals surface area contributed by atoms with Crippen LogP contribution >= 0.6 is 12.2 Å². The van der Waals surface area contributed by atoms with Gasteiger partial charge in [0.05, 0.1) is 6.61 Å². The standard InChI is InChI=1S/C13H24N2O2S/c1-3-11-4-5-12(16)15(7-6-11)8-9-17-10(2)13(14)18/h10-11H,3-9H2,1-2H3,(H2,14,18). The minimum Gasteiger partial charge on any atom is -0.391 e. The van der Waals surface area contributed by atoms with Crippen molar-refractivity contribution in [3.63, 3.8) is 0 Å². The van der Waals surface area contributed by atoms with Crippen LogP contribution in [0.1, 0.15) is 39.5 Å². The molecule has 1 saturated heterocycles. The lowest BCUT2D eigenvalue weighted by molar-refractivity contribution is -0.131. The normalized spacial score (nSPS) is 22.7. The van der Waals surface area contributed by atoms with Crippen LogP contribution in [0.3, 0.4) is 0 Å². The van der Waals surface area contributed by atoms with Crippen LogP contribution < -0.4 is 5.73 Å². The van der Waals surface area contributed by atoms with E-state index in [0.29, 0.717) is 30.5 Å². The molecular formula is C13H24N2O2S. The van der Waals surface area contributed by atoms with Gasteiger partial charge in [-0.25, -0.2) is 0 Å². The van der Waals surface area contributed by atoms with Gasteiger partial charge in [-0.1, -0.05) is 25.6 Å². The predicted octanol–water partition coefficient (Wildman–Crippen LogP) is 1.72. The lowest BCUT2D eigenvalue weighted by Crippen LogP contribution is -2.35. The molecule has 1 aliphatic heterocycles. The summed E-state index contributed by atoms with van der Waals surface area (Å²) in [5.74, 6) is 0.938. The molecule has 0 bridgehead atoms. The molecule has 0 aliphatic carbocycles. The van der Waals surface area contributed by atoms with Gasteiger partial charge in [0.25, 0.3) is 0 Å². The minimum atomic E-state index is -0.217. The van der Waals surface area contributed by atoms with Crippen LogP contribution in [0.4, 0.5) is 0 Å². The van der Waals surface area contributed by atoms with Gasteiger partial charge in [0, 0.05) is 19.5 Å². The highest BCUT2D eigenvalue weighted by Crippen LogP contribution is 2.20. The molecule has 104 valence electrons. The van der Waals surface area contributed by atoms with Crippen molar-refractivity contribution >= 4 is 23.1 Å². The van der Waals surface area contributed by atoms with E-state index in [1.54, 1.807) is 0 Å². The van der Waals surface area contributed by atoms with Crippen LogP contribution in [-0.2, 0) is 9.53 Å². The van der Waals surface area contributed by atoms with Crippen LogP contribution in [0.5, 0.6) is 0 Å². The molecule has 1 heterocycles. The molecule has 0 aromatic carbocycles. The molecule has 4 nitrogen and oxygen atoms in total. The van der Waals surface area contributed by atoms with Crippen molar-refractivity contribution in [1.82, 2.24) is 4.90 Å². The maximum Gasteiger partial charge on any atom is 0.222 e. The Hall–Kier alpha value is -0.680. The van der Waals surface area contributed by atoms with Gasteiger partial charge in [-0.3, -0.25) is 4.79 Å². The maximum absolute atomic E-state index is 11.9. The Morgan fingerprint density at radius 2 is 2.33 bits per heavy atom. The van der Waals surface area contributed by atoms with Crippen molar-refractivity contribution in [3.05, 3.63) is 0 Å². The highest BCUT2D eigenvalue weighted by Gasteiger charge is 2.21. The molecule has 18 heavy (non-hydrogen) atoms. The zero-order valence-electron chi connectivity index (χ0n) is 11.4. The Balaban J connectivity index is 2.32. The summed E-state index contributed by atoms with van der Waals surface area (Å²) in [7, 11) is 0. The molecule has 1 fully saturated rings. The van der Waals surface area contributed by atoms with E-state index < -0.39 is 0 Å². The van der Waals surface area contributed by atoms with E-state index in [4.69, 9.17) is 22.7 Å². The lowest BCUT2D eigenvalue weighted by Gasteiger charge is -2.21. The first kappa shape index (κ1) is 15.4. The first-order valence-corrected chi connectivity index (χ1v) is 7.14. The van der Waals surface area contributed by atoms with Gasteiger partial charge in [-0.15, -0.1) is 0 Å². The molecule has 1 aliphatic rings. The molecule has 0 saturated carbocycles. The summed E-state index contributed by atoms with van der Waals surface area (Å²) >= 11 is 4.84. The topological polar surface area (TPSA) is 55.6 Å². The van der Waals surface area contributed by atoms with Crippen molar-refractivity contribution in [2.24, 2.45) is 11.7 Å². The van der Waals surface area contributed by atoms with Crippen LogP contribution in [0.25, 0.3) is 0 Å². The average molecular weight is 272 g/mol. The summed E-state index contributed by atoms with van der Waals surface area (Å²) in [4.78, 5) is 14.2. The molecule has 2 N–H and O–H groups in total. The predicted molar refractivity (Wildman–Crippen MR) is 76.4 cm³/mol. The fourth-order valence-corrected chi connectivity index (χ4v) is 2.23. The van der Waals surface area contributed by atoms with Crippen LogP contribution in [0.2, 0.25) is 0 Å². The van der Waals surface area contributed by atoms with E-state index in [2.05, 4.69) is 6.92 Å². The van der Waals surface area contributed by atoms with Gasteiger partial charge in [-0.05, 0) is 25.7 Å². The molecular weight excluding hydrogens is 248 g/mol. The fourth-order valence-electron chi connectivity index (χ4n) is 2.16. The third-order valence-corrected chi connectivity index (χ3v) is 3.97. The van der Waals surface area contributed by atoms with E-state index in [1.807, 2.05) is 11.8 Å². The first-order chi connectivity index (χ1) is 8.54. The minimum absolute atomic E-state index is 0.217. The molecule has 2 atom stereocenters. The van der Waals surface area contributed by atoms with Gasteiger partial charge in [0.15, 0.2) is 0 Å². The number of ether oxygens (including phenoxy) is 1. The van der Waals surface area contributed by atoms with Crippen molar-refractivity contribution in [1.29, 1.82) is 0 Å². The van der Waals surface area contributed by atoms with Gasteiger partial charge < -0.3 is 15.4 Å². The van der Waals surface area contributed by atoms with Gasteiger partial charge in [0.1, 0.15) is 11.1 Å². The Kier molecular flexibility index (Phi) is 6.57. The molecule has 5 heteroatoms. The van der Waals surface area contributed by atoms with Crippen molar-refractivity contribution in [2.45, 2.75) is 45.6 Å². The number of nitrogens with two attached hydrogens (primary N) is 1. The van der Waals surface area contributed by atoms with Crippen molar-refractivity contribution < 1.29 is 9.53 Å². The molecule has 2 unspecified atom stereocenters. The molecule has 0 aromatic heterocycles. The van der Waals surface area contributed by atoms with Crippen LogP contribution in [-0.4, -0.2) is 41.6 Å². The van der Waals surface area contributed by atoms with E-state index in [1.165, 1.54) is 0 Å². The molecule has 1 rings (SSSR count). The fraction of sp³-hybridized carbons (Fsp3) is 0.846. The summed E-state index contributed by atoms with van der Waals surface area (Å²) in [6.45, 7) is 6.02. The van der Waals surface area contributed by atoms with Crippen molar-refractivity contribution in [3.8, 4) is 0 Å². The number of amides is 1. The number of thiocarbonyl (C=S) groups is 1. The average Bonchev–Trinajstić information content (AvgIpc) is 2.52. The smallest absolute Gasteiger partial charge is 0.222 e. The lowest BCUT2D eigenvalue weighted by atomic mass is 9.98. The summed E-state index contributed by atoms with van der Waals surface area (Å²) in [5, 5.41) is 0. The number of likely N-dealkylation sites (tertiary alicyclic amines) is 1. The zero-order valence-corrected chi connectivity index (χ0v) is 12.2. The third kappa shape index (κ3) is 4.90. The van der Waals surface area contributed by atoms with Crippen molar-refractivity contribution in [2.75, 3.05) is 19.7 Å². The summed E-state index contributed by atoms with van der Waals surface area (Å²) in [5.41, 5.74) is 5.47. The summed E-state index contributed by atoms with van der Waals surface area (Å²) < 4.78 is 5.49. The van der Waals surface area contributed by atoms with E-state index in [-0.39, 0.29) is 12.0 Å². The van der Waals surface area contributed by atoms with Gasteiger partial charge in [0.2, 0.25) is 5.91 Å². The molecule has 0 spiro atoms. The summed E-state index contributed by atoms with van der Waals surface area (Å²) in [6, 6.07) is 0. The third-order valence-electron chi connectivity index (χ3n) is 3.63. The van der Waals surface area contributed by atoms with E-state index in [0.717, 1.165) is 25.8 Å². The van der Waals surface area contributed by atoms with E-state index in [9.17, 15) is 4.79 Å². The highest BCUT2D eigenvalue weighted by molar-refractivity contribution is 7.80. The van der Waals surface area contributed by atoms with Crippen LogP contribution in [0, 0.1) is 5.92 Å². The van der Waals surface area contributed by atoms with Gasteiger partial charge in [-0.2, -0.15) is 0 Å². The Bertz CT molecular complexity index is 297. The number of rotatable bonds is 6. The Morgan fingerprint density at radius 1 is 1.61 bits per heavy atom. The Labute approximate surface area is 115 Å². The first-order valence-electron chi connectivity index (χ1n) is 6.73. The number of carbonyl (C=O) groups excluding carboxylic acids is 1. The second-order valence-corrected chi connectivity index (χ2v) is 5.37. The van der Waals surface area contributed by atoms with Crippen LogP contribution in [0.15, 0.2) is 0 Å². The molecule has 0 radical (unpaired) electrons. The maximum atomic E-state index is 11.9. The number of nitrogens with zero attached hydrogens (tertiary/aromatic N) is 1.